The number of thiophene rings is 1. The Kier molecular flexibility index (Phi) is 7.76. The molecule has 3 unspecified atom stereocenters. The molecule has 1 aromatic heterocycles. The summed E-state index contributed by atoms with van der Waals surface area (Å²) in [5.74, 6) is -0.213. The van der Waals surface area contributed by atoms with Crippen LogP contribution in [0, 0.1) is 6.92 Å². The quantitative estimate of drug-likeness (QED) is 0.247. The molecule has 2 aliphatic heterocycles. The number of ether oxygens (including phenoxy) is 2. The van der Waals surface area contributed by atoms with E-state index in [1.165, 1.54) is 17.4 Å². The second kappa shape index (κ2) is 11.4. The van der Waals surface area contributed by atoms with E-state index in [4.69, 9.17) is 26.7 Å². The Labute approximate surface area is 254 Å². The van der Waals surface area contributed by atoms with Crippen LogP contribution in [-0.4, -0.2) is 60.9 Å². The SMILES string of the molecule is C=CC(=O)N1CCCC(NC(=O)c2sc3c(N)ccc4c3c2C(N)C(=O)C4(N)c2ccc(OC3CCOCC3)cc2C)C1. The zero-order valence-corrected chi connectivity index (χ0v) is 25.0. The van der Waals surface area contributed by atoms with Crippen molar-refractivity contribution in [1.29, 1.82) is 0 Å². The molecule has 2 aromatic carbocycles. The zero-order chi connectivity index (χ0) is 30.5. The summed E-state index contributed by atoms with van der Waals surface area (Å²) in [5, 5.41) is 3.71. The minimum atomic E-state index is -1.55. The molecule has 3 aliphatic rings. The van der Waals surface area contributed by atoms with Crippen molar-refractivity contribution in [3.05, 3.63) is 70.1 Å². The largest absolute Gasteiger partial charge is 0.490 e. The van der Waals surface area contributed by atoms with Gasteiger partial charge in [0.25, 0.3) is 5.91 Å². The Morgan fingerprint density at radius 1 is 1.19 bits per heavy atom. The maximum Gasteiger partial charge on any atom is 0.262 e. The number of piperidine rings is 1. The molecule has 2 saturated heterocycles. The molecule has 3 aromatic rings. The Morgan fingerprint density at radius 2 is 1.93 bits per heavy atom. The number of hydrogen-bond acceptors (Lipinski definition) is 9. The molecule has 11 heteroatoms. The number of nitrogens with zero attached hydrogens (tertiary/aromatic N) is 1. The number of likely N-dealkylation sites (tertiary alicyclic amines) is 1. The monoisotopic (exact) mass is 603 g/mol. The van der Waals surface area contributed by atoms with Crippen LogP contribution < -0.4 is 27.3 Å². The number of carbonyl (C=O) groups is 3. The fourth-order valence-electron chi connectivity index (χ4n) is 6.64. The van der Waals surface area contributed by atoms with Crippen molar-refractivity contribution in [2.45, 2.75) is 56.3 Å². The van der Waals surface area contributed by atoms with Gasteiger partial charge in [-0.15, -0.1) is 11.3 Å². The van der Waals surface area contributed by atoms with Crippen LogP contribution in [0.25, 0.3) is 10.1 Å². The van der Waals surface area contributed by atoms with Crippen molar-refractivity contribution in [2.24, 2.45) is 11.5 Å². The molecule has 0 radical (unpaired) electrons. The van der Waals surface area contributed by atoms with Crippen LogP contribution in [0.5, 0.6) is 5.75 Å². The number of ketones is 1. The number of rotatable bonds is 6. The minimum Gasteiger partial charge on any atom is -0.490 e. The lowest BCUT2D eigenvalue weighted by Gasteiger charge is -2.37. The average molecular weight is 604 g/mol. The van der Waals surface area contributed by atoms with Crippen LogP contribution >= 0.6 is 11.3 Å². The highest BCUT2D eigenvalue weighted by Gasteiger charge is 2.49. The first kappa shape index (κ1) is 29.3. The first-order valence-electron chi connectivity index (χ1n) is 14.6. The van der Waals surface area contributed by atoms with E-state index >= 15 is 0 Å². The number of carbonyl (C=O) groups excluding carboxylic acids is 3. The molecule has 2 fully saturated rings. The molecule has 2 amide bonds. The van der Waals surface area contributed by atoms with Gasteiger partial charge in [-0.1, -0.05) is 18.7 Å². The number of nitrogens with one attached hydrogen (secondary N) is 1. The van der Waals surface area contributed by atoms with Crippen molar-refractivity contribution in [3.63, 3.8) is 0 Å². The molecule has 0 bridgehead atoms. The number of nitrogen functional groups attached to an aromatic ring is 1. The predicted molar refractivity (Wildman–Crippen MR) is 166 cm³/mol. The lowest BCUT2D eigenvalue weighted by atomic mass is 9.69. The standard InChI is InChI=1S/C32H37N5O5S/c1-3-24(38)37-12-4-5-18(16-37)36-31(40)29-26-25-22(8-9-23(33)28(25)43-29)32(35,30(39)27(26)34)21-7-6-20(15-17(21)2)42-19-10-13-41-14-11-19/h3,6-9,15,18-19,27H,1,4-5,10-14,16,33-35H2,2H3,(H,36,40). The molecular formula is C32H37N5O5S. The summed E-state index contributed by atoms with van der Waals surface area (Å²) >= 11 is 1.21. The Hall–Kier alpha value is -3.77. The van der Waals surface area contributed by atoms with E-state index in [1.54, 1.807) is 17.0 Å². The average Bonchev–Trinajstić information content (AvgIpc) is 3.42. The molecule has 7 N–H and O–H groups in total. The van der Waals surface area contributed by atoms with Gasteiger partial charge < -0.3 is 36.9 Å². The molecule has 3 heterocycles. The van der Waals surface area contributed by atoms with E-state index in [0.717, 1.165) is 31.2 Å². The maximum absolute atomic E-state index is 14.2. The van der Waals surface area contributed by atoms with E-state index in [9.17, 15) is 14.4 Å². The van der Waals surface area contributed by atoms with Gasteiger partial charge in [-0.2, -0.15) is 0 Å². The summed E-state index contributed by atoms with van der Waals surface area (Å²) in [6.45, 7) is 7.81. The summed E-state index contributed by atoms with van der Waals surface area (Å²) < 4.78 is 12.3. The minimum absolute atomic E-state index is 0.0735. The first-order valence-corrected chi connectivity index (χ1v) is 15.5. The predicted octanol–water partition coefficient (Wildman–Crippen LogP) is 3.04. The summed E-state index contributed by atoms with van der Waals surface area (Å²) in [4.78, 5) is 42.1. The van der Waals surface area contributed by atoms with Crippen molar-refractivity contribution < 1.29 is 23.9 Å². The smallest absolute Gasteiger partial charge is 0.262 e. The van der Waals surface area contributed by atoms with Crippen LogP contribution in [-0.2, 0) is 19.9 Å². The molecule has 6 rings (SSSR count). The third-order valence-corrected chi connectivity index (χ3v) is 10.1. The summed E-state index contributed by atoms with van der Waals surface area (Å²) in [7, 11) is 0. The molecule has 226 valence electrons. The van der Waals surface area contributed by atoms with Crippen molar-refractivity contribution in [2.75, 3.05) is 32.0 Å². The Balaban J connectivity index is 1.37. The molecule has 1 aliphatic carbocycles. The number of anilines is 1. The normalized spacial score (nSPS) is 24.2. The number of hydrogen-bond donors (Lipinski definition) is 4. The van der Waals surface area contributed by atoms with Crippen LogP contribution in [0.4, 0.5) is 5.69 Å². The summed E-state index contributed by atoms with van der Waals surface area (Å²) in [6, 6.07) is 7.69. The lowest BCUT2D eigenvalue weighted by molar-refractivity contribution is -0.127. The fourth-order valence-corrected chi connectivity index (χ4v) is 7.84. The van der Waals surface area contributed by atoms with E-state index in [-0.39, 0.29) is 24.0 Å². The van der Waals surface area contributed by atoms with Crippen LogP contribution in [0.2, 0.25) is 0 Å². The lowest BCUT2D eigenvalue weighted by Crippen LogP contribution is -2.53. The number of Topliss-reactive ketones (excluding diaryl/α,β-unsaturated/α-hetero) is 1. The molecule has 3 atom stereocenters. The fraction of sp³-hybridized carbons (Fsp3) is 0.406. The highest BCUT2D eigenvalue weighted by Crippen LogP contribution is 2.50. The highest BCUT2D eigenvalue weighted by molar-refractivity contribution is 7.21. The van der Waals surface area contributed by atoms with E-state index in [2.05, 4.69) is 11.9 Å². The van der Waals surface area contributed by atoms with Gasteiger partial charge in [0, 0.05) is 48.6 Å². The third kappa shape index (κ3) is 5.00. The van der Waals surface area contributed by atoms with E-state index in [1.807, 2.05) is 25.1 Å². The van der Waals surface area contributed by atoms with E-state index < -0.39 is 17.4 Å². The number of benzene rings is 2. The number of aryl methyl sites for hydroxylation is 1. The third-order valence-electron chi connectivity index (χ3n) is 8.86. The van der Waals surface area contributed by atoms with Crippen molar-refractivity contribution >= 4 is 44.7 Å². The van der Waals surface area contributed by atoms with E-state index in [0.29, 0.717) is 69.4 Å². The molecule has 10 nitrogen and oxygen atoms in total. The second-order valence-electron chi connectivity index (χ2n) is 11.6. The highest BCUT2D eigenvalue weighted by atomic mass is 32.1. The van der Waals surface area contributed by atoms with Gasteiger partial charge in [0.2, 0.25) is 5.91 Å². The van der Waals surface area contributed by atoms with Gasteiger partial charge in [0.1, 0.15) is 17.4 Å². The zero-order valence-electron chi connectivity index (χ0n) is 24.2. The van der Waals surface area contributed by atoms with Gasteiger partial charge in [-0.25, -0.2) is 0 Å². The van der Waals surface area contributed by atoms with Crippen LogP contribution in [0.3, 0.4) is 0 Å². The summed E-state index contributed by atoms with van der Waals surface area (Å²) in [5.41, 5.74) is 21.5. The molecule has 0 saturated carbocycles. The molecule has 0 spiro atoms. The summed E-state index contributed by atoms with van der Waals surface area (Å²) in [6.07, 6.45) is 4.48. The van der Waals surface area contributed by atoms with Gasteiger partial charge >= 0.3 is 0 Å². The van der Waals surface area contributed by atoms with Crippen LogP contribution in [0.15, 0.2) is 43.0 Å². The Bertz CT molecular complexity index is 1630. The van der Waals surface area contributed by atoms with Crippen molar-refractivity contribution in [3.8, 4) is 5.75 Å². The maximum atomic E-state index is 14.2. The second-order valence-corrected chi connectivity index (χ2v) is 12.6. The first-order chi connectivity index (χ1) is 20.6. The molecular weight excluding hydrogens is 566 g/mol. The number of amides is 2. The van der Waals surface area contributed by atoms with Gasteiger partial charge in [-0.3, -0.25) is 14.4 Å². The van der Waals surface area contributed by atoms with Gasteiger partial charge in [0.15, 0.2) is 5.78 Å². The number of nitrogens with two attached hydrogens (primary N) is 3. The van der Waals surface area contributed by atoms with Gasteiger partial charge in [0.05, 0.1) is 28.8 Å². The van der Waals surface area contributed by atoms with Crippen molar-refractivity contribution in [1.82, 2.24) is 10.2 Å². The van der Waals surface area contributed by atoms with Gasteiger partial charge in [-0.05, 0) is 60.7 Å². The Morgan fingerprint density at radius 3 is 2.65 bits per heavy atom. The molecule has 43 heavy (non-hydrogen) atoms. The van der Waals surface area contributed by atoms with Crippen LogP contribution in [0.1, 0.15) is 63.7 Å². The topological polar surface area (TPSA) is 163 Å².